The standard InChI is InChI=1S/C18H30N2O/c1-6-20(7-2)13-17-10-15-9-14(4)19(5)12-16(15)11-18(17)21-8-3/h10-11,14H,6-9,12-13H2,1-5H3. The van der Waals surface area contributed by atoms with E-state index in [0.29, 0.717) is 6.04 Å². The Bertz CT molecular complexity index is 469. The molecule has 1 heterocycles. The van der Waals surface area contributed by atoms with Crippen LogP contribution in [-0.4, -0.2) is 42.6 Å². The van der Waals surface area contributed by atoms with Crippen molar-refractivity contribution in [3.8, 4) is 5.75 Å². The van der Waals surface area contributed by atoms with Crippen molar-refractivity contribution >= 4 is 0 Å². The molecule has 0 bridgehead atoms. The zero-order valence-corrected chi connectivity index (χ0v) is 14.3. The van der Waals surface area contributed by atoms with Crippen LogP contribution in [-0.2, 0) is 19.5 Å². The van der Waals surface area contributed by atoms with E-state index in [2.05, 4.69) is 56.7 Å². The second-order valence-corrected chi connectivity index (χ2v) is 6.09. The van der Waals surface area contributed by atoms with Gasteiger partial charge in [-0.1, -0.05) is 19.9 Å². The van der Waals surface area contributed by atoms with Gasteiger partial charge in [0.25, 0.3) is 0 Å². The van der Waals surface area contributed by atoms with Crippen molar-refractivity contribution in [3.63, 3.8) is 0 Å². The quantitative estimate of drug-likeness (QED) is 0.799. The fourth-order valence-electron chi connectivity index (χ4n) is 3.06. The molecule has 3 nitrogen and oxygen atoms in total. The molecule has 3 heteroatoms. The Kier molecular flexibility index (Phi) is 5.65. The maximum absolute atomic E-state index is 5.91. The van der Waals surface area contributed by atoms with Gasteiger partial charge in [0.1, 0.15) is 5.75 Å². The van der Waals surface area contributed by atoms with E-state index in [4.69, 9.17) is 4.74 Å². The molecule has 0 saturated carbocycles. The van der Waals surface area contributed by atoms with Gasteiger partial charge in [-0.3, -0.25) is 9.80 Å². The normalized spacial score (nSPS) is 18.9. The molecule has 0 fully saturated rings. The van der Waals surface area contributed by atoms with Gasteiger partial charge in [-0.2, -0.15) is 0 Å². The van der Waals surface area contributed by atoms with Crippen LogP contribution in [0.5, 0.6) is 5.75 Å². The van der Waals surface area contributed by atoms with Gasteiger partial charge in [-0.25, -0.2) is 0 Å². The Labute approximate surface area is 129 Å². The molecular weight excluding hydrogens is 260 g/mol. The van der Waals surface area contributed by atoms with Gasteiger partial charge in [0, 0.05) is 24.7 Å². The van der Waals surface area contributed by atoms with Gasteiger partial charge in [0.2, 0.25) is 0 Å². The minimum Gasteiger partial charge on any atom is -0.494 e. The molecule has 21 heavy (non-hydrogen) atoms. The number of fused-ring (bicyclic) bond motifs is 1. The molecule has 0 aliphatic carbocycles. The monoisotopic (exact) mass is 290 g/mol. The van der Waals surface area contributed by atoms with E-state index in [0.717, 1.165) is 45.0 Å². The first-order valence-corrected chi connectivity index (χ1v) is 8.29. The summed E-state index contributed by atoms with van der Waals surface area (Å²) in [6.07, 6.45) is 1.14. The topological polar surface area (TPSA) is 15.7 Å². The van der Waals surface area contributed by atoms with E-state index in [1.807, 2.05) is 0 Å². The Morgan fingerprint density at radius 3 is 2.52 bits per heavy atom. The highest BCUT2D eigenvalue weighted by molar-refractivity contribution is 5.44. The molecular formula is C18H30N2O. The maximum atomic E-state index is 5.91. The molecule has 0 amide bonds. The van der Waals surface area contributed by atoms with Crippen LogP contribution in [0.15, 0.2) is 12.1 Å². The SMILES string of the molecule is CCOc1cc2c(cc1CN(CC)CC)CC(C)N(C)C2. The zero-order chi connectivity index (χ0) is 15.4. The molecule has 0 spiro atoms. The van der Waals surface area contributed by atoms with Gasteiger partial charge in [0.15, 0.2) is 0 Å². The fraction of sp³-hybridized carbons (Fsp3) is 0.667. The molecule has 0 N–H and O–H groups in total. The number of benzene rings is 1. The first-order valence-electron chi connectivity index (χ1n) is 8.29. The van der Waals surface area contributed by atoms with E-state index in [1.54, 1.807) is 0 Å². The summed E-state index contributed by atoms with van der Waals surface area (Å²) in [5.41, 5.74) is 4.28. The zero-order valence-electron chi connectivity index (χ0n) is 14.3. The number of hydrogen-bond acceptors (Lipinski definition) is 3. The van der Waals surface area contributed by atoms with E-state index >= 15 is 0 Å². The Hall–Kier alpha value is -1.06. The fourth-order valence-corrected chi connectivity index (χ4v) is 3.06. The van der Waals surface area contributed by atoms with Crippen LogP contribution in [0, 0.1) is 0 Å². The van der Waals surface area contributed by atoms with Gasteiger partial charge in [0.05, 0.1) is 6.61 Å². The largest absolute Gasteiger partial charge is 0.494 e. The smallest absolute Gasteiger partial charge is 0.124 e. The predicted molar refractivity (Wildman–Crippen MR) is 88.9 cm³/mol. The Morgan fingerprint density at radius 2 is 1.90 bits per heavy atom. The summed E-state index contributed by atoms with van der Waals surface area (Å²) < 4.78 is 5.91. The summed E-state index contributed by atoms with van der Waals surface area (Å²) in [6, 6.07) is 5.29. The van der Waals surface area contributed by atoms with E-state index in [-0.39, 0.29) is 0 Å². The summed E-state index contributed by atoms with van der Waals surface area (Å²) in [7, 11) is 2.21. The van der Waals surface area contributed by atoms with E-state index in [9.17, 15) is 0 Å². The molecule has 1 atom stereocenters. The first kappa shape index (κ1) is 16.3. The van der Waals surface area contributed by atoms with Gasteiger partial charge in [-0.05, 0) is 57.6 Å². The highest BCUT2D eigenvalue weighted by Crippen LogP contribution is 2.30. The van der Waals surface area contributed by atoms with Crippen molar-refractivity contribution < 1.29 is 4.74 Å². The van der Waals surface area contributed by atoms with Crippen molar-refractivity contribution in [1.29, 1.82) is 0 Å². The van der Waals surface area contributed by atoms with Crippen LogP contribution in [0.1, 0.15) is 44.4 Å². The number of likely N-dealkylation sites (N-methyl/N-ethyl adjacent to an activating group) is 1. The molecule has 1 aromatic rings. The Morgan fingerprint density at radius 1 is 1.19 bits per heavy atom. The molecule has 0 saturated heterocycles. The molecule has 2 rings (SSSR count). The van der Waals surface area contributed by atoms with Crippen molar-refractivity contribution in [2.24, 2.45) is 0 Å². The van der Waals surface area contributed by atoms with Crippen LogP contribution in [0.2, 0.25) is 0 Å². The Balaban J connectivity index is 2.32. The van der Waals surface area contributed by atoms with Crippen molar-refractivity contribution in [2.45, 2.75) is 53.2 Å². The summed E-state index contributed by atoms with van der Waals surface area (Å²) in [5, 5.41) is 0. The number of hydrogen-bond donors (Lipinski definition) is 0. The van der Waals surface area contributed by atoms with Gasteiger partial charge >= 0.3 is 0 Å². The lowest BCUT2D eigenvalue weighted by molar-refractivity contribution is 0.229. The van der Waals surface area contributed by atoms with E-state index < -0.39 is 0 Å². The number of rotatable bonds is 6. The van der Waals surface area contributed by atoms with Crippen LogP contribution < -0.4 is 4.74 Å². The summed E-state index contributed by atoms with van der Waals surface area (Å²) >= 11 is 0. The third-order valence-electron chi connectivity index (χ3n) is 4.66. The molecule has 1 aromatic carbocycles. The lowest BCUT2D eigenvalue weighted by atomic mass is 9.92. The second kappa shape index (κ2) is 7.28. The molecule has 0 radical (unpaired) electrons. The first-order chi connectivity index (χ1) is 10.1. The average molecular weight is 290 g/mol. The maximum Gasteiger partial charge on any atom is 0.124 e. The number of ether oxygens (including phenoxy) is 1. The van der Waals surface area contributed by atoms with Crippen LogP contribution >= 0.6 is 0 Å². The molecule has 118 valence electrons. The summed E-state index contributed by atoms with van der Waals surface area (Å²) in [5.74, 6) is 1.08. The lowest BCUT2D eigenvalue weighted by Crippen LogP contribution is -2.35. The molecule has 0 aromatic heterocycles. The molecule has 1 aliphatic rings. The summed E-state index contributed by atoms with van der Waals surface area (Å²) in [4.78, 5) is 4.87. The van der Waals surface area contributed by atoms with Gasteiger partial charge < -0.3 is 4.74 Å². The third kappa shape index (κ3) is 3.78. The predicted octanol–water partition coefficient (Wildman–Crippen LogP) is 3.30. The van der Waals surface area contributed by atoms with Gasteiger partial charge in [-0.15, -0.1) is 0 Å². The minimum atomic E-state index is 0.622. The number of nitrogens with zero attached hydrogens (tertiary/aromatic N) is 2. The minimum absolute atomic E-state index is 0.622. The highest BCUT2D eigenvalue weighted by atomic mass is 16.5. The van der Waals surface area contributed by atoms with Crippen LogP contribution in [0.4, 0.5) is 0 Å². The second-order valence-electron chi connectivity index (χ2n) is 6.09. The lowest BCUT2D eigenvalue weighted by Gasteiger charge is -2.33. The third-order valence-corrected chi connectivity index (χ3v) is 4.66. The van der Waals surface area contributed by atoms with E-state index in [1.165, 1.54) is 16.7 Å². The van der Waals surface area contributed by atoms with Crippen LogP contribution in [0.25, 0.3) is 0 Å². The molecule has 1 aliphatic heterocycles. The van der Waals surface area contributed by atoms with Crippen molar-refractivity contribution in [2.75, 3.05) is 26.7 Å². The van der Waals surface area contributed by atoms with Crippen molar-refractivity contribution in [3.05, 3.63) is 28.8 Å². The van der Waals surface area contributed by atoms with Crippen LogP contribution in [0.3, 0.4) is 0 Å². The average Bonchev–Trinajstić information content (AvgIpc) is 2.47. The molecule has 1 unspecified atom stereocenters. The highest BCUT2D eigenvalue weighted by Gasteiger charge is 2.22. The van der Waals surface area contributed by atoms with Crippen molar-refractivity contribution in [1.82, 2.24) is 9.80 Å². The summed E-state index contributed by atoms with van der Waals surface area (Å²) in [6.45, 7) is 13.7.